The number of carboxylic acids is 1. The number of likely N-dealkylation sites (tertiary alicyclic amines) is 1. The van der Waals surface area contributed by atoms with Gasteiger partial charge in [0.15, 0.2) is 0 Å². The van der Waals surface area contributed by atoms with Crippen LogP contribution in [0.3, 0.4) is 0 Å². The van der Waals surface area contributed by atoms with Crippen LogP contribution in [0.4, 0.5) is 28.0 Å². The molecule has 2 heterocycles. The van der Waals surface area contributed by atoms with E-state index in [0.717, 1.165) is 12.0 Å². The molecule has 2 fully saturated rings. The number of hydrogen-bond acceptors (Lipinski definition) is 4. The molecule has 2 aromatic rings. The number of anilines is 1. The number of aliphatic carboxylic acids is 1. The van der Waals surface area contributed by atoms with Gasteiger partial charge in [0.05, 0.1) is 12.1 Å². The van der Waals surface area contributed by atoms with Crippen molar-refractivity contribution in [1.82, 2.24) is 15.1 Å². The van der Waals surface area contributed by atoms with E-state index in [1.807, 2.05) is 42.3 Å². The zero-order valence-corrected chi connectivity index (χ0v) is 19.5. The van der Waals surface area contributed by atoms with Gasteiger partial charge in [-0.2, -0.15) is 13.2 Å². The number of likely N-dealkylation sites (N-methyl/N-ethyl adjacent to an activating group) is 1. The Labute approximate surface area is 205 Å². The Morgan fingerprint density at radius 1 is 1.08 bits per heavy atom. The second-order valence-corrected chi connectivity index (χ2v) is 8.66. The van der Waals surface area contributed by atoms with Gasteiger partial charge in [0.2, 0.25) is 5.91 Å². The maximum Gasteiger partial charge on any atom is 0.490 e. The molecule has 0 radical (unpaired) electrons. The van der Waals surface area contributed by atoms with Gasteiger partial charge in [-0.3, -0.25) is 9.69 Å². The van der Waals surface area contributed by atoms with E-state index in [1.54, 1.807) is 21.9 Å². The molecule has 2 aromatic carbocycles. The number of rotatable bonds is 3. The lowest BCUT2D eigenvalue weighted by Crippen LogP contribution is -2.64. The van der Waals surface area contributed by atoms with E-state index in [2.05, 4.69) is 5.32 Å². The summed E-state index contributed by atoms with van der Waals surface area (Å²) >= 11 is 0. The molecule has 0 bridgehead atoms. The summed E-state index contributed by atoms with van der Waals surface area (Å²) in [4.78, 5) is 39.7. The van der Waals surface area contributed by atoms with Crippen LogP contribution in [0.25, 0.3) is 0 Å². The number of alkyl halides is 3. The van der Waals surface area contributed by atoms with E-state index >= 15 is 0 Å². The van der Waals surface area contributed by atoms with Crippen molar-refractivity contribution in [2.45, 2.75) is 24.7 Å². The first-order valence-corrected chi connectivity index (χ1v) is 11.1. The van der Waals surface area contributed by atoms with Gasteiger partial charge in [0.25, 0.3) is 0 Å². The predicted molar refractivity (Wildman–Crippen MR) is 123 cm³/mol. The van der Waals surface area contributed by atoms with Crippen molar-refractivity contribution in [2.24, 2.45) is 0 Å². The van der Waals surface area contributed by atoms with Crippen LogP contribution in [0.5, 0.6) is 0 Å². The fourth-order valence-electron chi connectivity index (χ4n) is 4.19. The molecule has 8 nitrogen and oxygen atoms in total. The molecule has 2 aliphatic rings. The van der Waals surface area contributed by atoms with Crippen molar-refractivity contribution in [3.8, 4) is 0 Å². The Balaban J connectivity index is 0.000000454. The second-order valence-electron chi connectivity index (χ2n) is 8.66. The van der Waals surface area contributed by atoms with Gasteiger partial charge in [-0.15, -0.1) is 0 Å². The van der Waals surface area contributed by atoms with Crippen LogP contribution in [0, 0.1) is 5.82 Å². The van der Waals surface area contributed by atoms with Gasteiger partial charge in [-0.1, -0.05) is 36.4 Å². The lowest BCUT2D eigenvalue weighted by atomic mass is 9.92. The number of nitrogens with one attached hydrogen (secondary N) is 1. The number of carboxylic acid groups (broad SMARTS) is 1. The minimum Gasteiger partial charge on any atom is -0.475 e. The molecule has 1 atom stereocenters. The molecular weight excluding hydrogens is 484 g/mol. The second kappa shape index (κ2) is 10.9. The Bertz CT molecular complexity index is 1100. The van der Waals surface area contributed by atoms with Crippen LogP contribution in [0.1, 0.15) is 12.0 Å². The maximum atomic E-state index is 13.7. The molecule has 36 heavy (non-hydrogen) atoms. The van der Waals surface area contributed by atoms with Crippen LogP contribution in [0.15, 0.2) is 54.6 Å². The molecule has 4 rings (SSSR count). The Hall–Kier alpha value is -3.67. The van der Waals surface area contributed by atoms with E-state index in [-0.39, 0.29) is 29.8 Å². The third-order valence-electron chi connectivity index (χ3n) is 6.20. The molecule has 2 saturated heterocycles. The fourth-order valence-corrected chi connectivity index (χ4v) is 4.19. The molecule has 2 aliphatic heterocycles. The summed E-state index contributed by atoms with van der Waals surface area (Å²) in [6.07, 6.45) is -4.32. The minimum atomic E-state index is -5.08. The SMILES string of the molecule is CN1CC(=O)N(c2cccc(F)c2)CC12CCN(C(=O)NCc1ccccc1)C2.O=C(O)C(F)(F)F. The number of halogens is 4. The number of nitrogens with zero attached hydrogens (tertiary/aromatic N) is 3. The molecule has 0 aliphatic carbocycles. The predicted octanol–water partition coefficient (Wildman–Crippen LogP) is 3.09. The summed E-state index contributed by atoms with van der Waals surface area (Å²) in [5.74, 6) is -3.18. The smallest absolute Gasteiger partial charge is 0.475 e. The molecule has 0 saturated carbocycles. The average molecular weight is 510 g/mol. The molecule has 12 heteroatoms. The summed E-state index contributed by atoms with van der Waals surface area (Å²) in [6, 6.07) is 15.8. The van der Waals surface area contributed by atoms with Crippen molar-refractivity contribution in [1.29, 1.82) is 0 Å². The first-order valence-electron chi connectivity index (χ1n) is 11.1. The van der Waals surface area contributed by atoms with E-state index in [1.165, 1.54) is 12.1 Å². The van der Waals surface area contributed by atoms with Gasteiger partial charge >= 0.3 is 18.2 Å². The zero-order valence-electron chi connectivity index (χ0n) is 19.5. The van der Waals surface area contributed by atoms with Crippen LogP contribution in [0.2, 0.25) is 0 Å². The topological polar surface area (TPSA) is 93.2 Å². The third kappa shape index (κ3) is 6.51. The lowest BCUT2D eigenvalue weighted by molar-refractivity contribution is -0.192. The van der Waals surface area contributed by atoms with E-state index < -0.39 is 12.1 Å². The standard InChI is InChI=1S/C22H25FN4O2.C2HF3O2/c1-25-14-20(28)27(19-9-5-8-18(23)12-19)16-22(25)10-11-26(15-22)21(29)24-13-17-6-3-2-4-7-17;3-2(4,5)1(6)7/h2-9,12H,10-11,13-16H2,1H3,(H,24,29);(H,6,7). The molecule has 1 unspecified atom stereocenters. The zero-order chi connectivity index (χ0) is 26.5. The summed E-state index contributed by atoms with van der Waals surface area (Å²) in [6.45, 7) is 2.32. The monoisotopic (exact) mass is 510 g/mol. The lowest BCUT2D eigenvalue weighted by Gasteiger charge is -2.46. The average Bonchev–Trinajstić information content (AvgIpc) is 3.26. The molecule has 1 spiro atoms. The minimum absolute atomic E-state index is 0.0595. The first kappa shape index (κ1) is 26.9. The summed E-state index contributed by atoms with van der Waals surface area (Å²) in [7, 11) is 1.92. The normalized spacial score (nSPS) is 20.2. The van der Waals surface area contributed by atoms with Crippen LogP contribution in [-0.2, 0) is 16.1 Å². The number of benzene rings is 2. The van der Waals surface area contributed by atoms with Crippen molar-refractivity contribution in [3.05, 3.63) is 66.0 Å². The van der Waals surface area contributed by atoms with Crippen LogP contribution in [-0.4, -0.2) is 77.8 Å². The van der Waals surface area contributed by atoms with Crippen molar-refractivity contribution in [3.63, 3.8) is 0 Å². The number of amides is 3. The largest absolute Gasteiger partial charge is 0.490 e. The number of piperazine rings is 1. The highest BCUT2D eigenvalue weighted by Crippen LogP contribution is 2.33. The van der Waals surface area contributed by atoms with Crippen LogP contribution >= 0.6 is 0 Å². The Kier molecular flexibility index (Phi) is 8.18. The number of hydrogen-bond donors (Lipinski definition) is 2. The Morgan fingerprint density at radius 3 is 2.36 bits per heavy atom. The summed E-state index contributed by atoms with van der Waals surface area (Å²) in [5, 5.41) is 10.1. The van der Waals surface area contributed by atoms with Crippen molar-refractivity contribution >= 4 is 23.6 Å². The molecule has 194 valence electrons. The first-order chi connectivity index (χ1) is 16.9. The van der Waals surface area contributed by atoms with E-state index in [0.29, 0.717) is 31.9 Å². The molecule has 0 aromatic heterocycles. The highest BCUT2D eigenvalue weighted by Gasteiger charge is 2.48. The molecule has 2 N–H and O–H groups in total. The number of urea groups is 1. The summed E-state index contributed by atoms with van der Waals surface area (Å²) in [5.41, 5.74) is 1.28. The highest BCUT2D eigenvalue weighted by atomic mass is 19.4. The van der Waals surface area contributed by atoms with E-state index in [4.69, 9.17) is 9.90 Å². The summed E-state index contributed by atoms with van der Waals surface area (Å²) < 4.78 is 45.4. The third-order valence-corrected chi connectivity index (χ3v) is 6.20. The number of carbonyl (C=O) groups excluding carboxylic acids is 2. The van der Waals surface area contributed by atoms with Crippen molar-refractivity contribution in [2.75, 3.05) is 38.1 Å². The van der Waals surface area contributed by atoms with E-state index in [9.17, 15) is 27.2 Å². The van der Waals surface area contributed by atoms with Gasteiger partial charge in [-0.25, -0.2) is 14.0 Å². The number of carbonyl (C=O) groups is 3. The molecular formula is C24H26F4N4O4. The van der Waals surface area contributed by atoms with Gasteiger partial charge in [0, 0.05) is 31.9 Å². The van der Waals surface area contributed by atoms with Crippen LogP contribution < -0.4 is 10.2 Å². The Morgan fingerprint density at radius 2 is 1.75 bits per heavy atom. The molecule has 3 amide bonds. The van der Waals surface area contributed by atoms with Crippen molar-refractivity contribution < 1.29 is 37.1 Å². The fraction of sp³-hybridized carbons (Fsp3) is 0.375. The van der Waals surface area contributed by atoms with Gasteiger partial charge < -0.3 is 20.2 Å². The highest BCUT2D eigenvalue weighted by molar-refractivity contribution is 5.96. The van der Waals surface area contributed by atoms with Gasteiger partial charge in [-0.05, 0) is 37.2 Å². The maximum absolute atomic E-state index is 13.7. The quantitative estimate of drug-likeness (QED) is 0.620. The van der Waals surface area contributed by atoms with Gasteiger partial charge in [0.1, 0.15) is 5.82 Å².